The third kappa shape index (κ3) is 4.67. The van der Waals surface area contributed by atoms with Gasteiger partial charge in [-0.25, -0.2) is 15.0 Å². The van der Waals surface area contributed by atoms with Crippen LogP contribution in [0.25, 0.3) is 100 Å². The fraction of sp³-hybridized carbons (Fsp3) is 0. The lowest BCUT2D eigenvalue weighted by atomic mass is 9.95. The van der Waals surface area contributed by atoms with Crippen molar-refractivity contribution in [3.8, 4) is 56.4 Å². The molecule has 50 heavy (non-hydrogen) atoms. The van der Waals surface area contributed by atoms with Gasteiger partial charge in [-0.05, 0) is 58.6 Å². The van der Waals surface area contributed by atoms with Crippen LogP contribution in [0.4, 0.5) is 0 Å². The second kappa shape index (κ2) is 11.4. The van der Waals surface area contributed by atoms with E-state index in [0.717, 1.165) is 16.5 Å². The molecule has 0 radical (unpaired) electrons. The molecule has 7 aromatic carbocycles. The smallest absolute Gasteiger partial charge is 0.164 e. The zero-order chi connectivity index (χ0) is 38.2. The zero-order valence-corrected chi connectivity index (χ0v) is 26.3. The normalized spacial score (nSPS) is 13.3. The van der Waals surface area contributed by atoms with Gasteiger partial charge in [0.1, 0.15) is 22.3 Å². The van der Waals surface area contributed by atoms with Crippen LogP contribution in [0.2, 0.25) is 0 Å². The van der Waals surface area contributed by atoms with Crippen molar-refractivity contribution >= 4 is 43.9 Å². The molecule has 0 aliphatic heterocycles. The molecule has 0 saturated heterocycles. The van der Waals surface area contributed by atoms with E-state index in [1.165, 1.54) is 0 Å². The van der Waals surface area contributed by atoms with E-state index in [4.69, 9.17) is 26.5 Å². The zero-order valence-electron chi connectivity index (χ0n) is 32.3. The predicted molar refractivity (Wildman–Crippen MR) is 202 cm³/mol. The first-order chi connectivity index (χ1) is 27.3. The summed E-state index contributed by atoms with van der Waals surface area (Å²) in [7, 11) is 0. The molecule has 0 bridgehead atoms. The van der Waals surface area contributed by atoms with Gasteiger partial charge < -0.3 is 8.83 Å². The number of furan rings is 2. The lowest BCUT2D eigenvalue weighted by Crippen LogP contribution is -2.00. The van der Waals surface area contributed by atoms with Crippen LogP contribution in [0, 0.1) is 0 Å². The van der Waals surface area contributed by atoms with E-state index in [2.05, 4.69) is 0 Å². The number of nitrogens with zero attached hydrogens (tertiary/aromatic N) is 3. The van der Waals surface area contributed by atoms with Crippen LogP contribution >= 0.6 is 0 Å². The van der Waals surface area contributed by atoms with Crippen molar-refractivity contribution in [3.63, 3.8) is 0 Å². The summed E-state index contributed by atoms with van der Waals surface area (Å²) in [6, 6.07) is 38.2. The number of hydrogen-bond acceptors (Lipinski definition) is 5. The standard InChI is InChI=1S/C45H27N3O2/c1-3-12-28(13-4-1)30-16-9-17-31(26-30)44-46-43(29-14-5-2-6-15-29)47-45(48-44)32-24-25-36-40(27-32)50-39-23-11-20-34(42(36)39)33-19-10-22-38-41(33)35-18-7-8-21-37(35)49-38/h1-27H/i11D,20D,23D,24D,25D,27D. The third-order valence-corrected chi connectivity index (χ3v) is 8.86. The summed E-state index contributed by atoms with van der Waals surface area (Å²) in [4.78, 5) is 14.5. The summed E-state index contributed by atoms with van der Waals surface area (Å²) < 4.78 is 67.8. The van der Waals surface area contributed by atoms with Gasteiger partial charge >= 0.3 is 0 Å². The number of hydrogen-bond donors (Lipinski definition) is 0. The Hall–Kier alpha value is -6.85. The van der Waals surface area contributed by atoms with Crippen molar-refractivity contribution in [2.45, 2.75) is 0 Å². The molecule has 0 fully saturated rings. The number of benzene rings is 7. The van der Waals surface area contributed by atoms with Crippen LogP contribution in [-0.2, 0) is 0 Å². The Balaban J connectivity index is 1.25. The van der Waals surface area contributed by atoms with Crippen molar-refractivity contribution in [2.75, 3.05) is 0 Å². The Bertz CT molecular complexity index is 3220. The molecular weight excluding hydrogens is 615 g/mol. The molecule has 5 heteroatoms. The topological polar surface area (TPSA) is 65.0 Å². The van der Waals surface area contributed by atoms with Gasteiger partial charge in [-0.3, -0.25) is 0 Å². The molecule has 10 rings (SSSR count). The first kappa shape index (κ1) is 22.7. The molecule has 0 N–H and O–H groups in total. The Labute approximate surface area is 295 Å². The fourth-order valence-corrected chi connectivity index (χ4v) is 6.55. The Morgan fingerprint density at radius 3 is 1.86 bits per heavy atom. The van der Waals surface area contributed by atoms with E-state index < -0.39 is 0 Å². The van der Waals surface area contributed by atoms with Crippen LogP contribution in [0.5, 0.6) is 0 Å². The maximum atomic E-state index is 9.54. The average Bonchev–Trinajstić information content (AvgIpc) is 3.83. The maximum absolute atomic E-state index is 9.54. The van der Waals surface area contributed by atoms with Gasteiger partial charge in [-0.1, -0.05) is 127 Å². The molecule has 234 valence electrons. The van der Waals surface area contributed by atoms with Gasteiger partial charge in [0, 0.05) is 38.2 Å². The SMILES string of the molecule is [2H]c1c([2H])c(-c2cccc3oc4ccccc4c23)c2c(oc3c([2H])c(-c4nc(-c5ccccc5)nc(-c5cccc(-c6ccccc6)c5)n4)c([2H])c([2H])c32)c1[2H]. The van der Waals surface area contributed by atoms with E-state index in [1.807, 2.05) is 121 Å². The quantitative estimate of drug-likeness (QED) is 0.186. The van der Waals surface area contributed by atoms with Gasteiger partial charge in [0.15, 0.2) is 17.5 Å². The number of para-hydroxylation sites is 1. The highest BCUT2D eigenvalue weighted by Gasteiger charge is 2.19. The Morgan fingerprint density at radius 2 is 1.02 bits per heavy atom. The highest BCUT2D eigenvalue weighted by atomic mass is 16.3. The molecule has 0 saturated carbocycles. The van der Waals surface area contributed by atoms with Crippen molar-refractivity contribution in [1.29, 1.82) is 0 Å². The fourth-order valence-electron chi connectivity index (χ4n) is 6.55. The molecule has 3 heterocycles. The molecule has 10 aromatic rings. The summed E-state index contributed by atoms with van der Waals surface area (Å²) >= 11 is 0. The van der Waals surface area contributed by atoms with E-state index >= 15 is 0 Å². The summed E-state index contributed by atoms with van der Waals surface area (Å²) in [6.07, 6.45) is 0. The number of fused-ring (bicyclic) bond motifs is 6. The molecular formula is C45H27N3O2. The van der Waals surface area contributed by atoms with Gasteiger partial charge in [0.25, 0.3) is 0 Å². The molecule has 0 aliphatic carbocycles. The van der Waals surface area contributed by atoms with E-state index in [0.29, 0.717) is 44.9 Å². The summed E-state index contributed by atoms with van der Waals surface area (Å²) in [5.74, 6) is 0.642. The molecule has 0 atom stereocenters. The molecule has 3 aromatic heterocycles. The number of aromatic nitrogens is 3. The van der Waals surface area contributed by atoms with Gasteiger partial charge in [-0.2, -0.15) is 0 Å². The van der Waals surface area contributed by atoms with Gasteiger partial charge in [0.2, 0.25) is 0 Å². The first-order valence-electron chi connectivity index (χ1n) is 19.1. The van der Waals surface area contributed by atoms with Crippen LogP contribution in [0.15, 0.2) is 172 Å². The monoisotopic (exact) mass is 647 g/mol. The van der Waals surface area contributed by atoms with E-state index in [9.17, 15) is 5.48 Å². The highest BCUT2D eigenvalue weighted by molar-refractivity contribution is 6.19. The minimum Gasteiger partial charge on any atom is -0.456 e. The summed E-state index contributed by atoms with van der Waals surface area (Å²) in [5.41, 5.74) is 5.19. The van der Waals surface area contributed by atoms with E-state index in [1.54, 1.807) is 6.07 Å². The van der Waals surface area contributed by atoms with Gasteiger partial charge in [0.05, 0.1) is 8.22 Å². The second-order valence-corrected chi connectivity index (χ2v) is 11.9. The van der Waals surface area contributed by atoms with Crippen molar-refractivity contribution < 1.29 is 17.1 Å². The van der Waals surface area contributed by atoms with Crippen LogP contribution in [0.3, 0.4) is 0 Å². The van der Waals surface area contributed by atoms with E-state index in [-0.39, 0.29) is 75.1 Å². The second-order valence-electron chi connectivity index (χ2n) is 11.9. The molecule has 0 spiro atoms. The largest absolute Gasteiger partial charge is 0.456 e. The lowest BCUT2D eigenvalue weighted by Gasteiger charge is -2.10. The predicted octanol–water partition coefficient (Wildman–Crippen LogP) is 12.0. The van der Waals surface area contributed by atoms with Crippen molar-refractivity contribution in [3.05, 3.63) is 164 Å². The molecule has 0 amide bonds. The Morgan fingerprint density at radius 1 is 0.400 bits per heavy atom. The average molecular weight is 648 g/mol. The minimum atomic E-state index is -0.368. The number of rotatable bonds is 5. The minimum absolute atomic E-state index is 0.00754. The third-order valence-electron chi connectivity index (χ3n) is 8.86. The van der Waals surface area contributed by atoms with Crippen molar-refractivity contribution in [2.24, 2.45) is 0 Å². The first-order valence-corrected chi connectivity index (χ1v) is 16.1. The van der Waals surface area contributed by atoms with Crippen LogP contribution in [-0.4, -0.2) is 15.0 Å². The van der Waals surface area contributed by atoms with Gasteiger partial charge in [-0.15, -0.1) is 0 Å². The summed E-state index contributed by atoms with van der Waals surface area (Å²) in [6.45, 7) is 0. The maximum Gasteiger partial charge on any atom is 0.164 e. The summed E-state index contributed by atoms with van der Waals surface area (Å²) in [5, 5.41) is 1.80. The van der Waals surface area contributed by atoms with Crippen LogP contribution in [0.1, 0.15) is 8.22 Å². The highest BCUT2D eigenvalue weighted by Crippen LogP contribution is 2.43. The molecule has 0 unspecified atom stereocenters. The van der Waals surface area contributed by atoms with Crippen LogP contribution < -0.4 is 0 Å². The molecule has 0 aliphatic rings. The lowest BCUT2D eigenvalue weighted by molar-refractivity contribution is 0.668. The Kier molecular flexibility index (Phi) is 5.17. The molecule has 5 nitrogen and oxygen atoms in total. The van der Waals surface area contributed by atoms with Crippen molar-refractivity contribution in [1.82, 2.24) is 15.0 Å².